The molecule has 2 N–H and O–H groups in total. The molecule has 0 saturated carbocycles. The van der Waals surface area contributed by atoms with Crippen LogP contribution in [0.25, 0.3) is 0 Å². The summed E-state index contributed by atoms with van der Waals surface area (Å²) in [6.07, 6.45) is -3.26. The summed E-state index contributed by atoms with van der Waals surface area (Å²) >= 11 is 13.9. The number of ether oxygens (including phenoxy) is 2. The summed E-state index contributed by atoms with van der Waals surface area (Å²) < 4.78 is 17.8. The molecule has 12 heteroatoms. The van der Waals surface area contributed by atoms with Crippen LogP contribution in [0.4, 0.5) is 0 Å². The third-order valence-electron chi connectivity index (χ3n) is 6.34. The van der Waals surface area contributed by atoms with Crippen LogP contribution in [-0.4, -0.2) is 47.0 Å². The Hall–Kier alpha value is -1.25. The number of carbonyl (C=O) groups excluding carboxylic acids is 2. The molecular formula is C30H46N2O5P2S3. The number of hydrogen-bond donors (Lipinski definition) is 2. The zero-order chi connectivity index (χ0) is 31.7. The van der Waals surface area contributed by atoms with E-state index in [0.717, 1.165) is 4.90 Å². The molecule has 5 atom stereocenters. The van der Waals surface area contributed by atoms with Gasteiger partial charge in [0.2, 0.25) is 0 Å². The van der Waals surface area contributed by atoms with Gasteiger partial charge in [0.05, 0.1) is 11.5 Å². The molecule has 2 rings (SSSR count). The van der Waals surface area contributed by atoms with E-state index < -0.39 is 41.1 Å². The Morgan fingerprint density at radius 2 is 1.31 bits per heavy atom. The van der Waals surface area contributed by atoms with Crippen LogP contribution in [0, 0.1) is 0 Å². The van der Waals surface area contributed by atoms with Gasteiger partial charge in [-0.1, -0.05) is 87.3 Å². The van der Waals surface area contributed by atoms with E-state index in [1.54, 1.807) is 39.1 Å². The number of rotatable bonds is 16. The normalized spacial score (nSPS) is 17.0. The monoisotopic (exact) mass is 672 g/mol. The molecule has 3 unspecified atom stereocenters. The largest absolute Gasteiger partial charge is 0.462 e. The van der Waals surface area contributed by atoms with E-state index in [1.165, 1.54) is 0 Å². The summed E-state index contributed by atoms with van der Waals surface area (Å²) in [6, 6.07) is 18.0. The van der Waals surface area contributed by atoms with Gasteiger partial charge >= 0.3 is 11.9 Å². The zero-order valence-corrected chi connectivity index (χ0v) is 30.3. The quantitative estimate of drug-likeness (QED) is 0.136. The van der Waals surface area contributed by atoms with Crippen molar-refractivity contribution in [2.24, 2.45) is 0 Å². The molecule has 0 aliphatic rings. The molecule has 42 heavy (non-hydrogen) atoms. The van der Waals surface area contributed by atoms with Crippen molar-refractivity contribution in [3.8, 4) is 5.75 Å². The Balaban J connectivity index is 2.17. The number of carbonyl (C=O) groups is 2. The number of benzene rings is 2. The maximum atomic E-state index is 13.3. The third kappa shape index (κ3) is 11.0. The first kappa shape index (κ1) is 36.9. The predicted octanol–water partition coefficient (Wildman–Crippen LogP) is 7.89. The molecule has 0 bridgehead atoms. The molecule has 0 heterocycles. The molecular weight excluding hydrogens is 626 g/mol. The molecule has 0 spiro atoms. The average molecular weight is 673 g/mol. The highest BCUT2D eigenvalue weighted by atomic mass is 32.9. The summed E-state index contributed by atoms with van der Waals surface area (Å²) in [6.45, 7) is 17.1. The van der Waals surface area contributed by atoms with E-state index >= 15 is 0 Å². The summed E-state index contributed by atoms with van der Waals surface area (Å²) in [4.78, 5) is 27.0. The van der Waals surface area contributed by atoms with Crippen molar-refractivity contribution in [1.29, 1.82) is 0 Å². The van der Waals surface area contributed by atoms with Crippen LogP contribution in [0.15, 0.2) is 65.6 Å². The standard InChI is InChI=1S/C30H46N2O5P2S3/c1-21(2)35-28(33)25(7)32-39(41,37-26-16-12-10-13-17-26)30(8,9)20-23(5)36-29(34)24(6)31-38(40,22(3)4)42-27-18-14-11-15-19-27/h10-19,21-25H,20H2,1-9H3,(H,31,40)(H,32,41)/t23?,24-,25+,38?,39?/m1/s1. The van der Waals surface area contributed by atoms with Gasteiger partial charge in [-0.2, -0.15) is 0 Å². The second kappa shape index (κ2) is 16.2. The number of nitrogens with one attached hydrogen (secondary N) is 2. The maximum absolute atomic E-state index is 13.3. The first-order chi connectivity index (χ1) is 19.5. The van der Waals surface area contributed by atoms with Gasteiger partial charge in [-0.05, 0) is 77.1 Å². The van der Waals surface area contributed by atoms with Crippen molar-refractivity contribution in [1.82, 2.24) is 10.2 Å². The van der Waals surface area contributed by atoms with Crippen molar-refractivity contribution < 1.29 is 23.6 Å². The molecule has 2 aromatic rings. The van der Waals surface area contributed by atoms with E-state index in [2.05, 4.69) is 24.0 Å². The van der Waals surface area contributed by atoms with Crippen LogP contribution in [0.2, 0.25) is 0 Å². The van der Waals surface area contributed by atoms with Crippen molar-refractivity contribution in [2.45, 2.75) is 109 Å². The van der Waals surface area contributed by atoms with Gasteiger partial charge in [0.1, 0.15) is 23.9 Å². The molecule has 0 fully saturated rings. The lowest BCUT2D eigenvalue weighted by atomic mass is 10.1. The minimum atomic E-state index is -2.94. The number of hydrogen-bond acceptors (Lipinski definition) is 8. The van der Waals surface area contributed by atoms with Crippen LogP contribution in [0.5, 0.6) is 5.75 Å². The lowest BCUT2D eigenvalue weighted by Crippen LogP contribution is -2.43. The van der Waals surface area contributed by atoms with E-state index in [-0.39, 0.29) is 17.7 Å². The lowest BCUT2D eigenvalue weighted by Gasteiger charge is -2.40. The minimum Gasteiger partial charge on any atom is -0.462 e. The Morgan fingerprint density at radius 1 is 0.810 bits per heavy atom. The molecule has 2 aromatic carbocycles. The predicted molar refractivity (Wildman–Crippen MR) is 184 cm³/mol. The van der Waals surface area contributed by atoms with Gasteiger partial charge in [0, 0.05) is 15.7 Å². The van der Waals surface area contributed by atoms with Gasteiger partial charge in [-0.3, -0.25) is 14.7 Å². The fourth-order valence-corrected chi connectivity index (χ4v) is 12.8. The molecule has 0 saturated heterocycles. The minimum absolute atomic E-state index is 0.167. The summed E-state index contributed by atoms with van der Waals surface area (Å²) in [7, 11) is 0. The highest BCUT2D eigenvalue weighted by Gasteiger charge is 2.43. The first-order valence-electron chi connectivity index (χ1n) is 14.1. The highest BCUT2D eigenvalue weighted by molar-refractivity contribution is 8.70. The summed E-state index contributed by atoms with van der Waals surface area (Å²) in [5.74, 6) is -0.176. The molecule has 0 aromatic heterocycles. The van der Waals surface area contributed by atoms with E-state index in [4.69, 9.17) is 37.6 Å². The average Bonchev–Trinajstić information content (AvgIpc) is 2.88. The topological polar surface area (TPSA) is 85.9 Å². The summed E-state index contributed by atoms with van der Waals surface area (Å²) in [5, 5.41) is 3.87. The molecule has 7 nitrogen and oxygen atoms in total. The zero-order valence-electron chi connectivity index (χ0n) is 26.0. The lowest BCUT2D eigenvalue weighted by molar-refractivity contribution is -0.150. The smallest absolute Gasteiger partial charge is 0.323 e. The third-order valence-corrected chi connectivity index (χ3v) is 19.5. The van der Waals surface area contributed by atoms with Crippen LogP contribution in [-0.2, 0) is 42.7 Å². The van der Waals surface area contributed by atoms with Crippen molar-refractivity contribution >= 4 is 58.7 Å². The maximum Gasteiger partial charge on any atom is 0.323 e. The summed E-state index contributed by atoms with van der Waals surface area (Å²) in [5.41, 5.74) is 0.167. The molecule has 0 amide bonds. The van der Waals surface area contributed by atoms with E-state index in [9.17, 15) is 9.59 Å². The Kier molecular flexibility index (Phi) is 14.2. The van der Waals surface area contributed by atoms with E-state index in [1.807, 2.05) is 81.4 Å². The first-order valence-corrected chi connectivity index (χ1v) is 21.1. The molecule has 0 aliphatic heterocycles. The molecule has 234 valence electrons. The van der Waals surface area contributed by atoms with Gasteiger partial charge in [0.15, 0.2) is 6.42 Å². The van der Waals surface area contributed by atoms with Gasteiger partial charge in [0.25, 0.3) is 0 Å². The van der Waals surface area contributed by atoms with E-state index in [0.29, 0.717) is 12.2 Å². The number of esters is 2. The Morgan fingerprint density at radius 3 is 1.83 bits per heavy atom. The van der Waals surface area contributed by atoms with Crippen molar-refractivity contribution in [3.63, 3.8) is 0 Å². The van der Waals surface area contributed by atoms with Crippen molar-refractivity contribution in [3.05, 3.63) is 60.7 Å². The van der Waals surface area contributed by atoms with Crippen LogP contribution >= 0.6 is 23.2 Å². The van der Waals surface area contributed by atoms with Crippen LogP contribution < -0.4 is 14.7 Å². The van der Waals surface area contributed by atoms with Crippen LogP contribution in [0.3, 0.4) is 0 Å². The van der Waals surface area contributed by atoms with Gasteiger partial charge in [-0.25, -0.2) is 5.09 Å². The Bertz CT molecular complexity index is 1260. The Labute approximate surface area is 266 Å². The SMILES string of the molecule is CC(C)OC(=O)[C@H](C)NP(=S)(Oc1ccccc1)C(C)(C)CC(C)OC(=O)[C@@H](C)NP(=S)(Sc1ccccc1)C(C)C. The van der Waals surface area contributed by atoms with Gasteiger partial charge < -0.3 is 14.0 Å². The molecule has 0 radical (unpaired) electrons. The van der Waals surface area contributed by atoms with Crippen molar-refractivity contribution in [2.75, 3.05) is 0 Å². The fourth-order valence-electron chi connectivity index (χ4n) is 4.00. The second-order valence-corrected chi connectivity index (χ2v) is 23.6. The van der Waals surface area contributed by atoms with Gasteiger partial charge in [-0.15, -0.1) is 0 Å². The fraction of sp³-hybridized carbons (Fsp3) is 0.533. The molecule has 0 aliphatic carbocycles. The second-order valence-electron chi connectivity index (χ2n) is 11.5. The van der Waals surface area contributed by atoms with Crippen LogP contribution in [0.1, 0.15) is 68.7 Å². The highest BCUT2D eigenvalue weighted by Crippen LogP contribution is 2.62. The number of para-hydroxylation sites is 1.